The molecule has 186 valence electrons. The Bertz CT molecular complexity index is 983. The molecule has 2 aromatic carbocycles. The lowest BCUT2D eigenvalue weighted by Gasteiger charge is -2.15. The summed E-state index contributed by atoms with van der Waals surface area (Å²) in [4.78, 5) is 4.33. The highest BCUT2D eigenvalue weighted by atomic mass is 79.9. The number of unbranched alkanes of at least 4 members (excludes halogenated alkanes) is 1. The molecule has 0 N–H and O–H groups in total. The van der Waals surface area contributed by atoms with Crippen molar-refractivity contribution in [1.29, 1.82) is 0 Å². The van der Waals surface area contributed by atoms with Gasteiger partial charge in [0.05, 0.1) is 17.7 Å². The Morgan fingerprint density at radius 3 is 2.21 bits per heavy atom. The number of nitrogens with zero attached hydrogens (tertiary/aromatic N) is 1. The van der Waals surface area contributed by atoms with Gasteiger partial charge in [0.2, 0.25) is 0 Å². The van der Waals surface area contributed by atoms with E-state index >= 15 is 0 Å². The fraction of sp³-hybridized carbons (Fsp3) is 0.400. The quantitative estimate of drug-likeness (QED) is 0.123. The van der Waals surface area contributed by atoms with Crippen molar-refractivity contribution in [3.05, 3.63) is 63.6 Å². The van der Waals surface area contributed by atoms with Crippen molar-refractivity contribution in [2.45, 2.75) is 39.8 Å². The van der Waals surface area contributed by atoms with Crippen molar-refractivity contribution >= 4 is 21.6 Å². The molecule has 0 amide bonds. The van der Waals surface area contributed by atoms with Crippen LogP contribution in [0.15, 0.2) is 52.1 Å². The second-order valence-electron chi connectivity index (χ2n) is 7.44. The molecule has 0 aliphatic heterocycles. The van der Waals surface area contributed by atoms with Gasteiger partial charge in [0.25, 0.3) is 0 Å². The number of alkyl halides is 3. The summed E-state index contributed by atoms with van der Waals surface area (Å²) in [5, 5.41) is 3.10. The number of halogens is 4. The molecule has 0 bridgehead atoms. The summed E-state index contributed by atoms with van der Waals surface area (Å²) in [7, 11) is 1.07. The van der Waals surface area contributed by atoms with Gasteiger partial charge in [-0.2, -0.15) is 13.2 Å². The van der Waals surface area contributed by atoms with Crippen molar-refractivity contribution in [2.75, 3.05) is 26.9 Å². The number of hydrogen-bond acceptors (Lipinski definition) is 5. The maximum Gasteiger partial charge on any atom is 0.437 e. The van der Waals surface area contributed by atoms with E-state index in [9.17, 15) is 13.2 Å². The molecule has 0 radical (unpaired) electrons. The van der Waals surface area contributed by atoms with Crippen molar-refractivity contribution in [2.24, 2.45) is 5.16 Å². The molecule has 0 aliphatic rings. The van der Waals surface area contributed by atoms with Crippen LogP contribution in [0.1, 0.15) is 36.5 Å². The van der Waals surface area contributed by atoms with Gasteiger partial charge in [0, 0.05) is 5.56 Å². The normalized spacial score (nSPS) is 12.2. The highest BCUT2D eigenvalue weighted by molar-refractivity contribution is 9.10. The Labute approximate surface area is 206 Å². The third-order valence-corrected chi connectivity index (χ3v) is 5.33. The van der Waals surface area contributed by atoms with Crippen molar-refractivity contribution in [3.63, 3.8) is 0 Å². The molecule has 0 heterocycles. The standard InChI is InChI=1S/C25H29BrF3NO4/c1-5-6-11-32-20-14-17(2)23(18(3)15-20)34-13-8-7-12-33-22-10-9-19(16-21(22)26)24(30-31-4)25(27,28)29/h5-6,9-10,14-16H,7-8,11-13H2,1-4H3/b6-5+,30-24-. The van der Waals surface area contributed by atoms with Gasteiger partial charge in [-0.3, -0.25) is 0 Å². The number of rotatable bonds is 12. The SMILES string of the molecule is C/C=C/COc1cc(C)c(OCCCCOc2ccc(/C(=N/OC)C(F)(F)F)cc2Br)c(C)c1. The molecular weight excluding hydrogens is 515 g/mol. The van der Waals surface area contributed by atoms with Crippen LogP contribution in [0.5, 0.6) is 17.2 Å². The van der Waals surface area contributed by atoms with Crippen LogP contribution in [0.3, 0.4) is 0 Å². The van der Waals surface area contributed by atoms with Crippen LogP contribution in [0.2, 0.25) is 0 Å². The molecule has 34 heavy (non-hydrogen) atoms. The van der Waals surface area contributed by atoms with E-state index in [-0.39, 0.29) is 5.56 Å². The second kappa shape index (κ2) is 13.3. The summed E-state index contributed by atoms with van der Waals surface area (Å²) in [6.07, 6.45) is 0.729. The van der Waals surface area contributed by atoms with Gasteiger partial charge in [0.15, 0.2) is 5.71 Å². The number of oxime groups is 1. The van der Waals surface area contributed by atoms with Gasteiger partial charge in [-0.25, -0.2) is 0 Å². The molecule has 9 heteroatoms. The zero-order valence-electron chi connectivity index (χ0n) is 19.7. The van der Waals surface area contributed by atoms with E-state index in [1.807, 2.05) is 45.1 Å². The summed E-state index contributed by atoms with van der Waals surface area (Å²) in [5.74, 6) is 2.10. The lowest BCUT2D eigenvalue weighted by molar-refractivity contribution is -0.0608. The number of ether oxygens (including phenoxy) is 3. The van der Waals surface area contributed by atoms with E-state index in [1.165, 1.54) is 18.2 Å². The van der Waals surface area contributed by atoms with E-state index in [2.05, 4.69) is 25.9 Å². The van der Waals surface area contributed by atoms with Crippen molar-refractivity contribution in [3.8, 4) is 17.2 Å². The van der Waals surface area contributed by atoms with Gasteiger partial charge in [-0.1, -0.05) is 17.3 Å². The molecule has 0 unspecified atom stereocenters. The Morgan fingerprint density at radius 2 is 1.65 bits per heavy atom. The van der Waals surface area contributed by atoms with E-state index in [0.29, 0.717) is 30.0 Å². The largest absolute Gasteiger partial charge is 0.493 e. The Balaban J connectivity index is 1.83. The Hall–Kier alpha value is -2.68. The van der Waals surface area contributed by atoms with Crippen LogP contribution in [0, 0.1) is 13.8 Å². The Morgan fingerprint density at radius 1 is 1.00 bits per heavy atom. The highest BCUT2D eigenvalue weighted by Crippen LogP contribution is 2.31. The minimum absolute atomic E-state index is 0.119. The Kier molecular flexibility index (Phi) is 10.8. The first kappa shape index (κ1) is 27.6. The molecule has 0 saturated carbocycles. The summed E-state index contributed by atoms with van der Waals surface area (Å²) in [6.45, 7) is 7.36. The van der Waals surface area contributed by atoms with E-state index in [1.54, 1.807) is 0 Å². The maximum absolute atomic E-state index is 13.1. The molecule has 2 aromatic rings. The van der Waals surface area contributed by atoms with Gasteiger partial charge < -0.3 is 19.0 Å². The van der Waals surface area contributed by atoms with Gasteiger partial charge >= 0.3 is 6.18 Å². The van der Waals surface area contributed by atoms with Crippen LogP contribution in [0.4, 0.5) is 13.2 Å². The maximum atomic E-state index is 13.1. The molecule has 0 fully saturated rings. The predicted molar refractivity (Wildman–Crippen MR) is 130 cm³/mol. The minimum atomic E-state index is -4.63. The van der Waals surface area contributed by atoms with Crippen LogP contribution in [-0.4, -0.2) is 38.8 Å². The van der Waals surface area contributed by atoms with E-state index < -0.39 is 11.9 Å². The smallest absolute Gasteiger partial charge is 0.437 e. The summed E-state index contributed by atoms with van der Waals surface area (Å²) < 4.78 is 57.1. The zero-order chi connectivity index (χ0) is 25.1. The van der Waals surface area contributed by atoms with E-state index in [0.717, 1.165) is 42.6 Å². The number of hydrogen-bond donors (Lipinski definition) is 0. The van der Waals surface area contributed by atoms with Crippen LogP contribution >= 0.6 is 15.9 Å². The molecule has 5 nitrogen and oxygen atoms in total. The van der Waals surface area contributed by atoms with Gasteiger partial charge in [0.1, 0.15) is 31.0 Å². The lowest BCUT2D eigenvalue weighted by Crippen LogP contribution is -2.24. The van der Waals surface area contributed by atoms with Crippen LogP contribution in [0.25, 0.3) is 0 Å². The third kappa shape index (κ3) is 8.27. The first-order chi connectivity index (χ1) is 16.2. The topological polar surface area (TPSA) is 49.3 Å². The van der Waals surface area contributed by atoms with Crippen LogP contribution in [-0.2, 0) is 4.84 Å². The second-order valence-corrected chi connectivity index (χ2v) is 8.29. The molecule has 0 aromatic heterocycles. The number of aryl methyl sites for hydroxylation is 2. The molecule has 2 rings (SSSR count). The first-order valence-corrected chi connectivity index (χ1v) is 11.6. The highest BCUT2D eigenvalue weighted by Gasteiger charge is 2.38. The molecule has 0 saturated heterocycles. The fourth-order valence-corrected chi connectivity index (χ4v) is 3.64. The first-order valence-electron chi connectivity index (χ1n) is 10.8. The predicted octanol–water partition coefficient (Wildman–Crippen LogP) is 7.17. The molecule has 0 atom stereocenters. The molecule has 0 aliphatic carbocycles. The molecular formula is C25H29BrF3NO4. The number of allylic oxidation sites excluding steroid dienone is 1. The van der Waals surface area contributed by atoms with Crippen molar-refractivity contribution in [1.82, 2.24) is 0 Å². The fourth-order valence-electron chi connectivity index (χ4n) is 3.15. The minimum Gasteiger partial charge on any atom is -0.493 e. The summed E-state index contributed by atoms with van der Waals surface area (Å²) >= 11 is 3.26. The zero-order valence-corrected chi connectivity index (χ0v) is 21.3. The summed E-state index contributed by atoms with van der Waals surface area (Å²) in [5.41, 5.74) is 0.783. The van der Waals surface area contributed by atoms with Gasteiger partial charge in [-0.05, 0) is 91.0 Å². The van der Waals surface area contributed by atoms with Gasteiger partial charge in [-0.15, -0.1) is 0 Å². The summed E-state index contributed by atoms with van der Waals surface area (Å²) in [6, 6.07) is 7.99. The van der Waals surface area contributed by atoms with Crippen molar-refractivity contribution < 1.29 is 32.2 Å². The van der Waals surface area contributed by atoms with E-state index in [4.69, 9.17) is 14.2 Å². The third-order valence-electron chi connectivity index (χ3n) is 4.71. The average molecular weight is 544 g/mol. The average Bonchev–Trinajstić information content (AvgIpc) is 2.76. The van der Waals surface area contributed by atoms with Crippen LogP contribution < -0.4 is 14.2 Å². The molecule has 0 spiro atoms. The lowest BCUT2D eigenvalue weighted by atomic mass is 10.1. The number of benzene rings is 2. The monoisotopic (exact) mass is 543 g/mol.